The Morgan fingerprint density at radius 2 is 2.06 bits per heavy atom. The van der Waals surface area contributed by atoms with Gasteiger partial charge in [-0.3, -0.25) is 0 Å². The molecular weight excluding hydrogens is 226 g/mol. The van der Waals surface area contributed by atoms with Crippen LogP contribution in [0.2, 0.25) is 0 Å². The van der Waals surface area contributed by atoms with E-state index in [1.165, 1.54) is 0 Å². The minimum absolute atomic E-state index is 0.345. The van der Waals surface area contributed by atoms with E-state index in [9.17, 15) is 0 Å². The predicted molar refractivity (Wildman–Crippen MR) is 66.1 cm³/mol. The number of nitrogens with zero attached hydrogens (tertiary/aromatic N) is 5. The second-order valence-corrected chi connectivity index (χ2v) is 3.92. The van der Waals surface area contributed by atoms with Gasteiger partial charge in [0.05, 0.1) is 11.7 Å². The molecule has 0 saturated carbocycles. The van der Waals surface area contributed by atoms with E-state index >= 15 is 0 Å². The summed E-state index contributed by atoms with van der Waals surface area (Å²) in [4.78, 5) is 8.49. The fourth-order valence-electron chi connectivity index (χ4n) is 1.84. The molecule has 1 aromatic carbocycles. The highest BCUT2D eigenvalue weighted by Gasteiger charge is 2.08. The maximum Gasteiger partial charge on any atom is 0.252 e. The minimum atomic E-state index is 0.345. The van der Waals surface area contributed by atoms with Crippen LogP contribution in [-0.2, 0) is 0 Å². The zero-order valence-electron chi connectivity index (χ0n) is 9.70. The number of aryl methyl sites for hydroxylation is 1. The van der Waals surface area contributed by atoms with Crippen molar-refractivity contribution < 1.29 is 0 Å². The highest BCUT2D eigenvalue weighted by Crippen LogP contribution is 2.15. The van der Waals surface area contributed by atoms with E-state index in [0.717, 1.165) is 16.6 Å². The number of hydrogen-bond acceptors (Lipinski definition) is 4. The standard InChI is InChI=1S/C13H9N5/c1-9-6-11(7-14)17-13(16-9)18-12-5-3-2-4-10(12)8-15-18/h2-6,8H,1H3. The molecule has 0 atom stereocenters. The van der Waals surface area contributed by atoms with Crippen LogP contribution in [0, 0.1) is 18.3 Å². The average Bonchev–Trinajstić information content (AvgIpc) is 2.81. The summed E-state index contributed by atoms with van der Waals surface area (Å²) in [6, 6.07) is 11.5. The average molecular weight is 235 g/mol. The van der Waals surface area contributed by atoms with Gasteiger partial charge in [-0.25, -0.2) is 9.97 Å². The number of aromatic nitrogens is 4. The number of hydrogen-bond donors (Lipinski definition) is 0. The van der Waals surface area contributed by atoms with E-state index in [2.05, 4.69) is 15.1 Å². The molecule has 5 nitrogen and oxygen atoms in total. The fourth-order valence-corrected chi connectivity index (χ4v) is 1.84. The summed E-state index contributed by atoms with van der Waals surface area (Å²) in [5.74, 6) is 0.424. The van der Waals surface area contributed by atoms with E-state index in [1.54, 1.807) is 16.9 Å². The first kappa shape index (κ1) is 10.4. The Bertz CT molecular complexity index is 766. The molecule has 18 heavy (non-hydrogen) atoms. The van der Waals surface area contributed by atoms with Crippen molar-refractivity contribution in [3.63, 3.8) is 0 Å². The van der Waals surface area contributed by atoms with Crippen LogP contribution in [0.25, 0.3) is 16.9 Å². The number of nitriles is 1. The summed E-state index contributed by atoms with van der Waals surface area (Å²) in [7, 11) is 0. The van der Waals surface area contributed by atoms with Crippen molar-refractivity contribution >= 4 is 10.9 Å². The number of benzene rings is 1. The Hall–Kier alpha value is -2.74. The van der Waals surface area contributed by atoms with Gasteiger partial charge >= 0.3 is 0 Å². The first-order valence-corrected chi connectivity index (χ1v) is 5.47. The number of rotatable bonds is 1. The molecule has 2 heterocycles. The third-order valence-corrected chi connectivity index (χ3v) is 2.62. The molecule has 5 heteroatoms. The third kappa shape index (κ3) is 1.60. The van der Waals surface area contributed by atoms with Crippen molar-refractivity contribution in [3.8, 4) is 12.0 Å². The SMILES string of the molecule is Cc1cc(C#N)nc(-n2ncc3ccccc32)n1. The highest BCUT2D eigenvalue weighted by molar-refractivity contribution is 5.79. The highest BCUT2D eigenvalue weighted by atomic mass is 15.3. The first-order chi connectivity index (χ1) is 8.78. The molecule has 0 unspecified atom stereocenters. The Kier molecular flexibility index (Phi) is 2.27. The van der Waals surface area contributed by atoms with Crippen molar-refractivity contribution in [3.05, 3.63) is 47.9 Å². The Morgan fingerprint density at radius 1 is 1.22 bits per heavy atom. The van der Waals surface area contributed by atoms with Gasteiger partial charge in [0.25, 0.3) is 5.95 Å². The minimum Gasteiger partial charge on any atom is -0.216 e. The van der Waals surface area contributed by atoms with Crippen LogP contribution in [0.1, 0.15) is 11.4 Å². The quantitative estimate of drug-likeness (QED) is 0.647. The monoisotopic (exact) mass is 235 g/mol. The molecule has 0 N–H and O–H groups in total. The van der Waals surface area contributed by atoms with Crippen LogP contribution >= 0.6 is 0 Å². The lowest BCUT2D eigenvalue weighted by molar-refractivity contribution is 0.821. The molecule has 0 amide bonds. The largest absolute Gasteiger partial charge is 0.252 e. The van der Waals surface area contributed by atoms with E-state index in [1.807, 2.05) is 37.3 Å². The molecule has 0 radical (unpaired) electrons. The molecule has 0 bridgehead atoms. The van der Waals surface area contributed by atoms with E-state index in [4.69, 9.17) is 5.26 Å². The van der Waals surface area contributed by atoms with Gasteiger partial charge in [0.1, 0.15) is 11.8 Å². The van der Waals surface area contributed by atoms with Crippen LogP contribution in [-0.4, -0.2) is 19.7 Å². The topological polar surface area (TPSA) is 67.4 Å². The molecule has 0 aliphatic carbocycles. The zero-order chi connectivity index (χ0) is 12.5. The van der Waals surface area contributed by atoms with Crippen LogP contribution < -0.4 is 0 Å². The van der Waals surface area contributed by atoms with Crippen LogP contribution in [0.4, 0.5) is 0 Å². The number of fused-ring (bicyclic) bond motifs is 1. The summed E-state index contributed by atoms with van der Waals surface area (Å²) in [6.07, 6.45) is 1.76. The van der Waals surface area contributed by atoms with Gasteiger partial charge in [-0.05, 0) is 19.1 Å². The molecular formula is C13H9N5. The summed E-state index contributed by atoms with van der Waals surface area (Å²) in [5.41, 5.74) is 2.01. The Morgan fingerprint density at radius 3 is 2.89 bits per heavy atom. The lowest BCUT2D eigenvalue weighted by Crippen LogP contribution is -2.05. The second kappa shape index (κ2) is 3.93. The fraction of sp³-hybridized carbons (Fsp3) is 0.0769. The zero-order valence-corrected chi connectivity index (χ0v) is 9.70. The maximum atomic E-state index is 8.93. The van der Waals surface area contributed by atoms with E-state index in [0.29, 0.717) is 11.6 Å². The molecule has 0 aliphatic heterocycles. The Labute approximate surface area is 103 Å². The molecule has 0 fully saturated rings. The molecule has 3 aromatic rings. The normalized spacial score (nSPS) is 10.4. The lowest BCUT2D eigenvalue weighted by Gasteiger charge is -2.03. The molecule has 86 valence electrons. The van der Waals surface area contributed by atoms with Crippen molar-refractivity contribution in [1.29, 1.82) is 5.26 Å². The smallest absolute Gasteiger partial charge is 0.216 e. The Balaban J connectivity index is 2.27. The van der Waals surface area contributed by atoms with Crippen LogP contribution in [0.3, 0.4) is 0 Å². The van der Waals surface area contributed by atoms with Crippen LogP contribution in [0.15, 0.2) is 36.5 Å². The molecule has 3 rings (SSSR count). The van der Waals surface area contributed by atoms with Gasteiger partial charge in [0.15, 0.2) is 0 Å². The maximum absolute atomic E-state index is 8.93. The summed E-state index contributed by atoms with van der Waals surface area (Å²) in [5, 5.41) is 14.2. The van der Waals surface area contributed by atoms with E-state index < -0.39 is 0 Å². The van der Waals surface area contributed by atoms with Crippen molar-refractivity contribution in [2.24, 2.45) is 0 Å². The van der Waals surface area contributed by atoms with E-state index in [-0.39, 0.29) is 0 Å². The second-order valence-electron chi connectivity index (χ2n) is 3.92. The van der Waals surface area contributed by atoms with Gasteiger partial charge in [0.2, 0.25) is 0 Å². The molecule has 0 saturated heterocycles. The summed E-state index contributed by atoms with van der Waals surface area (Å²) < 4.78 is 1.64. The first-order valence-electron chi connectivity index (χ1n) is 5.47. The summed E-state index contributed by atoms with van der Waals surface area (Å²) >= 11 is 0. The van der Waals surface area contributed by atoms with Crippen molar-refractivity contribution in [2.45, 2.75) is 6.92 Å². The van der Waals surface area contributed by atoms with Gasteiger partial charge in [-0.1, -0.05) is 18.2 Å². The van der Waals surface area contributed by atoms with Gasteiger partial charge in [-0.2, -0.15) is 15.0 Å². The van der Waals surface area contributed by atoms with Crippen molar-refractivity contribution in [1.82, 2.24) is 19.7 Å². The van der Waals surface area contributed by atoms with Gasteiger partial charge in [-0.15, -0.1) is 0 Å². The number of para-hydroxylation sites is 1. The van der Waals surface area contributed by atoms with Gasteiger partial charge in [0, 0.05) is 11.1 Å². The molecule has 0 aliphatic rings. The van der Waals surface area contributed by atoms with Crippen molar-refractivity contribution in [2.75, 3.05) is 0 Å². The lowest BCUT2D eigenvalue weighted by atomic mass is 10.3. The summed E-state index contributed by atoms with van der Waals surface area (Å²) in [6.45, 7) is 1.83. The van der Waals surface area contributed by atoms with Gasteiger partial charge < -0.3 is 0 Å². The molecule has 2 aromatic heterocycles. The third-order valence-electron chi connectivity index (χ3n) is 2.62. The van der Waals surface area contributed by atoms with Crippen LogP contribution in [0.5, 0.6) is 0 Å². The molecule has 0 spiro atoms. The predicted octanol–water partition coefficient (Wildman–Crippen LogP) is 2.00.